The van der Waals surface area contributed by atoms with Crippen LogP contribution >= 0.6 is 34.5 Å². The van der Waals surface area contributed by atoms with Crippen LogP contribution in [0.2, 0.25) is 10.0 Å². The number of thiazole rings is 1. The van der Waals surface area contributed by atoms with Crippen LogP contribution in [0.1, 0.15) is 24.2 Å². The van der Waals surface area contributed by atoms with Gasteiger partial charge < -0.3 is 4.74 Å². The van der Waals surface area contributed by atoms with Gasteiger partial charge in [-0.2, -0.15) is 4.31 Å². The van der Waals surface area contributed by atoms with Gasteiger partial charge in [0.25, 0.3) is 5.91 Å². The molecule has 0 aliphatic carbocycles. The van der Waals surface area contributed by atoms with Crippen molar-refractivity contribution < 1.29 is 17.9 Å². The normalized spacial score (nSPS) is 20.1. The summed E-state index contributed by atoms with van der Waals surface area (Å²) in [6.45, 7) is 4.27. The van der Waals surface area contributed by atoms with E-state index in [1.165, 1.54) is 39.9 Å². The molecule has 31 heavy (non-hydrogen) atoms. The highest BCUT2D eigenvalue weighted by Gasteiger charge is 2.32. The van der Waals surface area contributed by atoms with Crippen LogP contribution in [0.15, 0.2) is 41.3 Å². The van der Waals surface area contributed by atoms with E-state index in [9.17, 15) is 13.2 Å². The van der Waals surface area contributed by atoms with Gasteiger partial charge in [-0.15, -0.1) is 0 Å². The number of nitrogens with one attached hydrogen (secondary N) is 1. The summed E-state index contributed by atoms with van der Waals surface area (Å²) >= 11 is 13.4. The molecule has 0 radical (unpaired) electrons. The molecule has 3 aromatic rings. The molecule has 1 aliphatic heterocycles. The number of morpholine rings is 1. The van der Waals surface area contributed by atoms with Crippen LogP contribution in [0.3, 0.4) is 0 Å². The Morgan fingerprint density at radius 2 is 1.77 bits per heavy atom. The Kier molecular flexibility index (Phi) is 6.26. The van der Waals surface area contributed by atoms with Gasteiger partial charge in [0.2, 0.25) is 10.0 Å². The largest absolute Gasteiger partial charge is 0.373 e. The van der Waals surface area contributed by atoms with E-state index in [4.69, 9.17) is 27.9 Å². The Labute approximate surface area is 194 Å². The lowest BCUT2D eigenvalue weighted by molar-refractivity contribution is -0.0440. The maximum absolute atomic E-state index is 12.9. The first kappa shape index (κ1) is 22.4. The van der Waals surface area contributed by atoms with Crippen LogP contribution in [-0.2, 0) is 14.8 Å². The number of carbonyl (C=O) groups is 1. The quantitative estimate of drug-likeness (QED) is 0.563. The summed E-state index contributed by atoms with van der Waals surface area (Å²) in [6, 6.07) is 9.28. The second kappa shape index (κ2) is 8.65. The van der Waals surface area contributed by atoms with Crippen molar-refractivity contribution in [3.05, 3.63) is 52.0 Å². The van der Waals surface area contributed by atoms with Gasteiger partial charge in [-0.1, -0.05) is 34.5 Å². The van der Waals surface area contributed by atoms with E-state index in [2.05, 4.69) is 10.3 Å². The lowest BCUT2D eigenvalue weighted by Crippen LogP contribution is -2.48. The topological polar surface area (TPSA) is 88.6 Å². The Bertz CT molecular complexity index is 1240. The number of nitrogens with zero attached hydrogens (tertiary/aromatic N) is 2. The third-order valence-corrected chi connectivity index (χ3v) is 8.39. The van der Waals surface area contributed by atoms with E-state index in [-0.39, 0.29) is 17.1 Å². The van der Waals surface area contributed by atoms with Gasteiger partial charge in [0.15, 0.2) is 5.13 Å². The van der Waals surface area contributed by atoms with Gasteiger partial charge in [0.05, 0.1) is 31.8 Å². The fourth-order valence-corrected chi connectivity index (χ4v) is 6.29. The lowest BCUT2D eigenvalue weighted by Gasteiger charge is -2.34. The first-order chi connectivity index (χ1) is 14.6. The maximum atomic E-state index is 12.9. The van der Waals surface area contributed by atoms with Gasteiger partial charge in [-0.25, -0.2) is 13.4 Å². The molecule has 1 saturated heterocycles. The number of hydrogen-bond acceptors (Lipinski definition) is 6. The molecule has 0 unspecified atom stereocenters. The molecule has 11 heteroatoms. The van der Waals surface area contributed by atoms with Gasteiger partial charge in [0, 0.05) is 18.7 Å². The van der Waals surface area contributed by atoms with Crippen molar-refractivity contribution in [3.8, 4) is 0 Å². The van der Waals surface area contributed by atoms with Crippen molar-refractivity contribution in [1.29, 1.82) is 0 Å². The molecule has 0 saturated carbocycles. The fraction of sp³-hybridized carbons (Fsp3) is 0.300. The first-order valence-corrected chi connectivity index (χ1v) is 12.5. The Hall–Kier alpha value is -1.75. The van der Waals surface area contributed by atoms with Crippen LogP contribution in [0.25, 0.3) is 10.2 Å². The monoisotopic (exact) mass is 499 g/mol. The molecular formula is C20H19Cl2N3O4S2. The fourth-order valence-electron chi connectivity index (χ4n) is 3.41. The number of halogens is 2. The average Bonchev–Trinajstić information content (AvgIpc) is 3.13. The standard InChI is InChI=1S/C20H19Cl2N3O4S2/c1-11-9-25(10-12(2)29-11)31(27,28)14-5-3-13(4-6-14)19(26)24-20-23-18-16(30-20)8-7-15(21)17(18)22/h3-8,11-12H,9-10H2,1-2H3,(H,23,24,26)/t11-,12+. The second-order valence-corrected chi connectivity index (χ2v) is 11.0. The number of aromatic nitrogens is 1. The molecule has 164 valence electrons. The molecule has 0 spiro atoms. The summed E-state index contributed by atoms with van der Waals surface area (Å²) in [5.41, 5.74) is 0.830. The number of fused-ring (bicyclic) bond motifs is 1. The third kappa shape index (κ3) is 4.57. The van der Waals surface area contributed by atoms with Crippen LogP contribution in [-0.4, -0.2) is 48.9 Å². The summed E-state index contributed by atoms with van der Waals surface area (Å²) in [6.07, 6.45) is -0.360. The van der Waals surface area contributed by atoms with Crippen molar-refractivity contribution in [2.45, 2.75) is 31.0 Å². The van der Waals surface area contributed by atoms with Gasteiger partial charge in [-0.3, -0.25) is 10.1 Å². The van der Waals surface area contributed by atoms with E-state index >= 15 is 0 Å². The minimum absolute atomic E-state index is 0.131. The predicted octanol–water partition coefficient (Wildman–Crippen LogP) is 4.65. The molecule has 0 bridgehead atoms. The van der Waals surface area contributed by atoms with Crippen LogP contribution < -0.4 is 5.32 Å². The smallest absolute Gasteiger partial charge is 0.257 e. The van der Waals surface area contributed by atoms with E-state index in [0.29, 0.717) is 39.3 Å². The summed E-state index contributed by atoms with van der Waals surface area (Å²) in [5, 5.41) is 3.81. The van der Waals surface area contributed by atoms with Crippen LogP contribution in [0.5, 0.6) is 0 Å². The number of amides is 1. The molecule has 1 aliphatic rings. The molecule has 4 rings (SSSR count). The highest BCUT2D eigenvalue weighted by Crippen LogP contribution is 2.35. The molecule has 1 amide bonds. The summed E-state index contributed by atoms with van der Waals surface area (Å²) in [7, 11) is -3.67. The van der Waals surface area contributed by atoms with Crippen molar-refractivity contribution in [1.82, 2.24) is 9.29 Å². The molecular weight excluding hydrogens is 481 g/mol. The van der Waals surface area contributed by atoms with Crippen molar-refractivity contribution >= 4 is 65.8 Å². The third-order valence-electron chi connectivity index (χ3n) is 4.81. The molecule has 1 fully saturated rings. The molecule has 1 N–H and O–H groups in total. The van der Waals surface area contributed by atoms with E-state index in [1.807, 2.05) is 13.8 Å². The van der Waals surface area contributed by atoms with Gasteiger partial charge in [-0.05, 0) is 50.2 Å². The van der Waals surface area contributed by atoms with Crippen LogP contribution in [0.4, 0.5) is 5.13 Å². The minimum Gasteiger partial charge on any atom is -0.373 e. The highest BCUT2D eigenvalue weighted by molar-refractivity contribution is 7.89. The van der Waals surface area contributed by atoms with E-state index in [0.717, 1.165) is 4.70 Å². The second-order valence-electron chi connectivity index (χ2n) is 7.28. The Morgan fingerprint density at radius 3 is 2.42 bits per heavy atom. The summed E-state index contributed by atoms with van der Waals surface area (Å²) in [5.74, 6) is -0.404. The number of ether oxygens (including phenoxy) is 1. The SMILES string of the molecule is C[C@@H]1CN(S(=O)(=O)c2ccc(C(=O)Nc3nc4c(Cl)c(Cl)ccc4s3)cc2)C[C@H](C)O1. The van der Waals surface area contributed by atoms with Crippen molar-refractivity contribution in [2.75, 3.05) is 18.4 Å². The highest BCUT2D eigenvalue weighted by atomic mass is 35.5. The predicted molar refractivity (Wildman–Crippen MR) is 123 cm³/mol. The number of hydrogen-bond donors (Lipinski definition) is 1. The number of sulfonamides is 1. The van der Waals surface area contributed by atoms with Crippen molar-refractivity contribution in [2.24, 2.45) is 0 Å². The number of anilines is 1. The van der Waals surface area contributed by atoms with Gasteiger partial charge in [0.1, 0.15) is 5.52 Å². The van der Waals surface area contributed by atoms with E-state index < -0.39 is 15.9 Å². The molecule has 7 nitrogen and oxygen atoms in total. The van der Waals surface area contributed by atoms with E-state index in [1.54, 1.807) is 12.1 Å². The number of carbonyl (C=O) groups excluding carboxylic acids is 1. The summed E-state index contributed by atoms with van der Waals surface area (Å²) in [4.78, 5) is 17.1. The average molecular weight is 500 g/mol. The maximum Gasteiger partial charge on any atom is 0.257 e. The Morgan fingerprint density at radius 1 is 1.13 bits per heavy atom. The Balaban J connectivity index is 1.51. The lowest BCUT2D eigenvalue weighted by atomic mass is 10.2. The number of benzene rings is 2. The van der Waals surface area contributed by atoms with Gasteiger partial charge >= 0.3 is 0 Å². The molecule has 2 aromatic carbocycles. The zero-order chi connectivity index (χ0) is 22.3. The molecule has 2 atom stereocenters. The zero-order valence-corrected chi connectivity index (χ0v) is 19.8. The first-order valence-electron chi connectivity index (χ1n) is 9.46. The minimum atomic E-state index is -3.67. The molecule has 1 aromatic heterocycles. The zero-order valence-electron chi connectivity index (χ0n) is 16.6. The van der Waals surface area contributed by atoms with Crippen molar-refractivity contribution in [3.63, 3.8) is 0 Å². The van der Waals surface area contributed by atoms with Crippen LogP contribution in [0, 0.1) is 0 Å². The molecule has 2 heterocycles. The number of rotatable bonds is 4. The summed E-state index contributed by atoms with van der Waals surface area (Å²) < 4.78 is 33.7.